The van der Waals surface area contributed by atoms with Crippen molar-refractivity contribution in [3.05, 3.63) is 35.4 Å². The van der Waals surface area contributed by atoms with Crippen molar-refractivity contribution in [2.24, 2.45) is 17.8 Å². The molecule has 1 saturated carbocycles. The van der Waals surface area contributed by atoms with Gasteiger partial charge in [0.25, 0.3) is 0 Å². The van der Waals surface area contributed by atoms with Gasteiger partial charge in [0.1, 0.15) is 0 Å². The largest absolute Gasteiger partial charge is 0.316 e. The van der Waals surface area contributed by atoms with Gasteiger partial charge in [-0.3, -0.25) is 0 Å². The number of rotatable bonds is 6. The molecule has 2 unspecified atom stereocenters. The predicted molar refractivity (Wildman–Crippen MR) is 78.8 cm³/mol. The maximum Gasteiger partial charge on any atom is -0.00176 e. The molecule has 1 heteroatoms. The van der Waals surface area contributed by atoms with Gasteiger partial charge in [-0.25, -0.2) is 0 Å². The number of hydrogen-bond acceptors (Lipinski definition) is 1. The number of nitrogens with one attached hydrogen (secondary N) is 1. The molecule has 1 aliphatic rings. The van der Waals surface area contributed by atoms with Gasteiger partial charge in [0.2, 0.25) is 0 Å². The van der Waals surface area contributed by atoms with Gasteiger partial charge >= 0.3 is 0 Å². The Kier molecular flexibility index (Phi) is 4.82. The van der Waals surface area contributed by atoms with Crippen LogP contribution in [0.3, 0.4) is 0 Å². The van der Waals surface area contributed by atoms with Gasteiger partial charge in [-0.05, 0) is 68.2 Å². The van der Waals surface area contributed by atoms with Crippen LogP contribution in [0, 0.1) is 24.7 Å². The summed E-state index contributed by atoms with van der Waals surface area (Å²) in [5, 5.41) is 3.62. The zero-order chi connectivity index (χ0) is 13.0. The van der Waals surface area contributed by atoms with E-state index in [0.717, 1.165) is 24.3 Å². The van der Waals surface area contributed by atoms with Crippen LogP contribution in [-0.2, 0) is 6.42 Å². The van der Waals surface area contributed by atoms with Gasteiger partial charge < -0.3 is 5.32 Å². The van der Waals surface area contributed by atoms with Gasteiger partial charge in [-0.1, -0.05) is 38.1 Å². The van der Waals surface area contributed by atoms with Crippen molar-refractivity contribution >= 4 is 0 Å². The Morgan fingerprint density at radius 2 is 1.89 bits per heavy atom. The lowest BCUT2D eigenvalue weighted by molar-refractivity contribution is 0.169. The molecule has 1 N–H and O–H groups in total. The highest BCUT2D eigenvalue weighted by Gasteiger charge is 2.30. The molecule has 1 aliphatic carbocycles. The van der Waals surface area contributed by atoms with E-state index < -0.39 is 0 Å². The third-order valence-electron chi connectivity index (χ3n) is 4.28. The Morgan fingerprint density at radius 1 is 1.17 bits per heavy atom. The second kappa shape index (κ2) is 6.38. The molecule has 0 radical (unpaired) electrons. The molecule has 1 fully saturated rings. The van der Waals surface area contributed by atoms with Crippen LogP contribution in [0.1, 0.15) is 37.8 Å². The van der Waals surface area contributed by atoms with E-state index in [2.05, 4.69) is 50.4 Å². The Balaban J connectivity index is 1.78. The summed E-state index contributed by atoms with van der Waals surface area (Å²) in [5.74, 6) is 2.58. The smallest absolute Gasteiger partial charge is 0.00176 e. The molecule has 0 spiro atoms. The fraction of sp³-hybridized carbons (Fsp3) is 0.647. The highest BCUT2D eigenvalue weighted by Crippen LogP contribution is 2.36. The van der Waals surface area contributed by atoms with Crippen LogP contribution < -0.4 is 5.32 Å². The summed E-state index contributed by atoms with van der Waals surface area (Å²) in [6.07, 6.45) is 4.12. The second-order valence-corrected chi connectivity index (χ2v) is 6.28. The molecule has 2 rings (SSSR count). The Bertz CT molecular complexity index is 370. The molecule has 1 aromatic rings. The van der Waals surface area contributed by atoms with E-state index in [1.165, 1.54) is 31.4 Å². The van der Waals surface area contributed by atoms with Gasteiger partial charge in [-0.2, -0.15) is 0 Å². The van der Waals surface area contributed by atoms with E-state index in [9.17, 15) is 0 Å². The zero-order valence-corrected chi connectivity index (χ0v) is 12.1. The first-order valence-electron chi connectivity index (χ1n) is 7.42. The Labute approximate surface area is 112 Å². The van der Waals surface area contributed by atoms with Crippen molar-refractivity contribution in [2.45, 2.75) is 40.0 Å². The molecule has 1 aromatic carbocycles. The molecular formula is C17H27N. The predicted octanol–water partition coefficient (Wildman–Crippen LogP) is 3.81. The van der Waals surface area contributed by atoms with E-state index in [1.807, 2.05) is 0 Å². The summed E-state index contributed by atoms with van der Waals surface area (Å²) in [4.78, 5) is 0. The molecule has 0 aromatic heterocycles. The minimum absolute atomic E-state index is 0.764. The van der Waals surface area contributed by atoms with Crippen molar-refractivity contribution in [3.8, 4) is 0 Å². The lowest BCUT2D eigenvalue weighted by Crippen LogP contribution is -2.37. The molecule has 100 valence electrons. The molecule has 18 heavy (non-hydrogen) atoms. The van der Waals surface area contributed by atoms with Gasteiger partial charge in [0, 0.05) is 0 Å². The number of benzene rings is 1. The minimum atomic E-state index is 0.764. The summed E-state index contributed by atoms with van der Waals surface area (Å²) < 4.78 is 0. The van der Waals surface area contributed by atoms with Crippen molar-refractivity contribution in [3.63, 3.8) is 0 Å². The van der Waals surface area contributed by atoms with Gasteiger partial charge in [-0.15, -0.1) is 0 Å². The van der Waals surface area contributed by atoms with Gasteiger partial charge in [0.05, 0.1) is 0 Å². The molecule has 0 amide bonds. The highest BCUT2D eigenvalue weighted by atomic mass is 14.9. The molecule has 1 nitrogen and oxygen atoms in total. The number of hydrogen-bond donors (Lipinski definition) is 1. The number of aryl methyl sites for hydroxylation is 1. The molecule has 0 bridgehead atoms. The Morgan fingerprint density at radius 3 is 2.50 bits per heavy atom. The first kappa shape index (κ1) is 13.6. The fourth-order valence-electron chi connectivity index (χ4n) is 2.85. The zero-order valence-electron chi connectivity index (χ0n) is 12.1. The van der Waals surface area contributed by atoms with Crippen LogP contribution in [0.2, 0.25) is 0 Å². The quantitative estimate of drug-likeness (QED) is 0.803. The van der Waals surface area contributed by atoms with Crippen LogP contribution in [0.25, 0.3) is 0 Å². The third-order valence-corrected chi connectivity index (χ3v) is 4.28. The third kappa shape index (κ3) is 3.58. The molecule has 2 atom stereocenters. The summed E-state index contributed by atoms with van der Waals surface area (Å²) in [6.45, 7) is 9.17. The minimum Gasteiger partial charge on any atom is -0.316 e. The summed E-state index contributed by atoms with van der Waals surface area (Å²) >= 11 is 0. The van der Waals surface area contributed by atoms with Crippen LogP contribution >= 0.6 is 0 Å². The molecular weight excluding hydrogens is 218 g/mol. The topological polar surface area (TPSA) is 12.0 Å². The lowest BCUT2D eigenvalue weighted by atomic mass is 9.70. The average molecular weight is 245 g/mol. The van der Waals surface area contributed by atoms with Crippen molar-refractivity contribution in [1.29, 1.82) is 0 Å². The second-order valence-electron chi connectivity index (χ2n) is 6.28. The first-order valence-corrected chi connectivity index (χ1v) is 7.42. The summed E-state index contributed by atoms with van der Waals surface area (Å²) in [6, 6.07) is 8.85. The monoisotopic (exact) mass is 245 g/mol. The van der Waals surface area contributed by atoms with Crippen LogP contribution in [0.5, 0.6) is 0 Å². The highest BCUT2D eigenvalue weighted by molar-refractivity contribution is 5.26. The summed E-state index contributed by atoms with van der Waals surface area (Å²) in [5.41, 5.74) is 3.01. The van der Waals surface area contributed by atoms with E-state index >= 15 is 0 Å². The van der Waals surface area contributed by atoms with Crippen molar-refractivity contribution in [1.82, 2.24) is 5.32 Å². The van der Waals surface area contributed by atoms with Crippen LogP contribution in [-0.4, -0.2) is 13.1 Å². The first-order chi connectivity index (χ1) is 8.66. The summed E-state index contributed by atoms with van der Waals surface area (Å²) in [7, 11) is 0. The van der Waals surface area contributed by atoms with Crippen molar-refractivity contribution < 1.29 is 0 Å². The lowest BCUT2D eigenvalue weighted by Gasteiger charge is -2.37. The average Bonchev–Trinajstić information content (AvgIpc) is 2.32. The van der Waals surface area contributed by atoms with E-state index in [4.69, 9.17) is 0 Å². The fourth-order valence-corrected chi connectivity index (χ4v) is 2.85. The van der Waals surface area contributed by atoms with Crippen LogP contribution in [0.4, 0.5) is 0 Å². The maximum atomic E-state index is 3.62. The SMILES string of the molecule is Cc1ccccc1CC1CCC1CNCC(C)C. The van der Waals surface area contributed by atoms with Crippen molar-refractivity contribution in [2.75, 3.05) is 13.1 Å². The molecule has 0 heterocycles. The maximum absolute atomic E-state index is 3.62. The van der Waals surface area contributed by atoms with E-state index in [-0.39, 0.29) is 0 Å². The molecule has 0 saturated heterocycles. The van der Waals surface area contributed by atoms with E-state index in [1.54, 1.807) is 5.56 Å². The normalized spacial score (nSPS) is 23.1. The Hall–Kier alpha value is -0.820. The standard InChI is InChI=1S/C17H27N/c1-13(2)11-18-12-17-9-8-16(17)10-15-7-5-4-6-14(15)3/h4-7,13,16-18H,8-12H2,1-3H3. The van der Waals surface area contributed by atoms with Gasteiger partial charge in [0.15, 0.2) is 0 Å². The van der Waals surface area contributed by atoms with Crippen LogP contribution in [0.15, 0.2) is 24.3 Å². The van der Waals surface area contributed by atoms with E-state index in [0.29, 0.717) is 0 Å². The molecule has 0 aliphatic heterocycles.